The van der Waals surface area contributed by atoms with E-state index in [0.29, 0.717) is 6.04 Å². The summed E-state index contributed by atoms with van der Waals surface area (Å²) in [6, 6.07) is 10.3. The molecule has 0 unspecified atom stereocenters. The molecule has 2 aliphatic rings. The van der Waals surface area contributed by atoms with Gasteiger partial charge in [0.15, 0.2) is 5.16 Å². The number of hydrogen-bond acceptors (Lipinski definition) is 5. The zero-order chi connectivity index (χ0) is 20.2. The number of rotatable bonds is 7. The van der Waals surface area contributed by atoms with Crippen LogP contribution in [0.2, 0.25) is 0 Å². The second-order valence-electron chi connectivity index (χ2n) is 7.98. The minimum absolute atomic E-state index is 0.0294. The second-order valence-corrected chi connectivity index (χ2v) is 8.92. The first-order chi connectivity index (χ1) is 14.1. The summed E-state index contributed by atoms with van der Waals surface area (Å²) in [6.45, 7) is 9.89. The van der Waals surface area contributed by atoms with E-state index in [-0.39, 0.29) is 5.91 Å². The lowest BCUT2D eigenvalue weighted by Crippen LogP contribution is -3.14. The van der Waals surface area contributed by atoms with Gasteiger partial charge in [-0.05, 0) is 44.4 Å². The van der Waals surface area contributed by atoms with Gasteiger partial charge in [0.05, 0.1) is 32.7 Å². The molecule has 2 aromatic rings. The van der Waals surface area contributed by atoms with Gasteiger partial charge in [-0.1, -0.05) is 23.9 Å². The van der Waals surface area contributed by atoms with Gasteiger partial charge >= 0.3 is 0 Å². The number of nitrogens with one attached hydrogen (secondary N) is 2. The molecule has 29 heavy (non-hydrogen) atoms. The highest BCUT2D eigenvalue weighted by atomic mass is 32.2. The van der Waals surface area contributed by atoms with Gasteiger partial charge < -0.3 is 15.1 Å². The van der Waals surface area contributed by atoms with E-state index in [0.717, 1.165) is 72.6 Å². The summed E-state index contributed by atoms with van der Waals surface area (Å²) in [5, 5.41) is 3.86. The summed E-state index contributed by atoms with van der Waals surface area (Å²) in [4.78, 5) is 25.8. The first kappa shape index (κ1) is 20.2. The van der Waals surface area contributed by atoms with E-state index >= 15 is 0 Å². The van der Waals surface area contributed by atoms with Crippen LogP contribution < -0.4 is 15.1 Å². The molecule has 1 aromatic carbocycles. The van der Waals surface area contributed by atoms with Crippen LogP contribution in [0.15, 0.2) is 35.5 Å². The summed E-state index contributed by atoms with van der Waals surface area (Å²) in [6.07, 6.45) is 2.20. The summed E-state index contributed by atoms with van der Waals surface area (Å²) in [5.74, 6) is 1.82. The quantitative estimate of drug-likeness (QED) is 0.535. The number of thioether (sulfide) groups is 1. The molecule has 1 amide bonds. The van der Waals surface area contributed by atoms with Gasteiger partial charge in [0.2, 0.25) is 0 Å². The zero-order valence-electron chi connectivity index (χ0n) is 17.3. The lowest BCUT2D eigenvalue weighted by Gasteiger charge is -2.32. The van der Waals surface area contributed by atoms with Crippen molar-refractivity contribution in [1.29, 1.82) is 0 Å². The van der Waals surface area contributed by atoms with Crippen molar-refractivity contribution in [2.45, 2.75) is 43.6 Å². The molecule has 154 valence electrons. The third-order valence-electron chi connectivity index (χ3n) is 5.58. The Morgan fingerprint density at radius 2 is 2.03 bits per heavy atom. The molecular formula is C22H30N5OS+. The molecule has 0 spiro atoms. The van der Waals surface area contributed by atoms with E-state index < -0.39 is 0 Å². The maximum atomic E-state index is 12.3. The monoisotopic (exact) mass is 412 g/mol. The molecule has 7 heteroatoms. The van der Waals surface area contributed by atoms with Crippen LogP contribution in [0, 0.1) is 6.92 Å². The number of aryl methyl sites for hydroxylation is 1. The number of likely N-dealkylation sites (N-methyl/N-ethyl adjacent to an activating group) is 1. The second kappa shape index (κ2) is 9.13. The normalized spacial score (nSPS) is 17.4. The van der Waals surface area contributed by atoms with E-state index in [4.69, 9.17) is 4.98 Å². The van der Waals surface area contributed by atoms with Crippen LogP contribution in [0.1, 0.15) is 41.4 Å². The number of amides is 1. The molecule has 2 fully saturated rings. The van der Waals surface area contributed by atoms with E-state index in [2.05, 4.69) is 34.3 Å². The highest BCUT2D eigenvalue weighted by molar-refractivity contribution is 7.98. The molecular weight excluding hydrogens is 382 g/mol. The Hall–Kier alpha value is -2.12. The third-order valence-corrected chi connectivity index (χ3v) is 6.50. The summed E-state index contributed by atoms with van der Waals surface area (Å²) >= 11 is 1.63. The molecule has 1 aliphatic carbocycles. The molecule has 1 aromatic heterocycles. The molecule has 2 N–H and O–H groups in total. The number of hydrogen-bond donors (Lipinski definition) is 2. The number of nitrogens with zero attached hydrogens (tertiary/aromatic N) is 3. The molecule has 1 saturated heterocycles. The van der Waals surface area contributed by atoms with Crippen LogP contribution in [-0.2, 0) is 5.75 Å². The first-order valence-electron chi connectivity index (χ1n) is 10.6. The SMILES string of the molecule is CC[NH+]1CCN(c2cc(C)nc(SCc3cccc(C(=O)NC4CC4)c3)n2)CC1. The van der Waals surface area contributed by atoms with Crippen LogP contribution in [0.3, 0.4) is 0 Å². The number of quaternary nitrogens is 1. The number of benzene rings is 1. The highest BCUT2D eigenvalue weighted by Crippen LogP contribution is 2.24. The lowest BCUT2D eigenvalue weighted by atomic mass is 10.1. The number of carbonyl (C=O) groups is 1. The molecule has 2 heterocycles. The molecule has 4 rings (SSSR count). The average Bonchev–Trinajstić information content (AvgIpc) is 3.56. The smallest absolute Gasteiger partial charge is 0.251 e. The Morgan fingerprint density at radius 1 is 1.24 bits per heavy atom. The van der Waals surface area contributed by atoms with Crippen molar-refractivity contribution in [1.82, 2.24) is 15.3 Å². The van der Waals surface area contributed by atoms with E-state index in [1.54, 1.807) is 16.7 Å². The summed E-state index contributed by atoms with van der Waals surface area (Å²) < 4.78 is 0. The molecule has 0 bridgehead atoms. The largest absolute Gasteiger partial charge is 0.349 e. The van der Waals surface area contributed by atoms with Gasteiger partial charge in [-0.25, -0.2) is 9.97 Å². The maximum Gasteiger partial charge on any atom is 0.251 e. The number of carbonyl (C=O) groups excluding carboxylic acids is 1. The molecule has 0 atom stereocenters. The van der Waals surface area contributed by atoms with Crippen LogP contribution >= 0.6 is 11.8 Å². The predicted octanol–water partition coefficient (Wildman–Crippen LogP) is 1.69. The molecule has 1 aliphatic heterocycles. The predicted molar refractivity (Wildman–Crippen MR) is 117 cm³/mol. The minimum atomic E-state index is 0.0294. The van der Waals surface area contributed by atoms with Gasteiger partial charge in [0.1, 0.15) is 5.82 Å². The highest BCUT2D eigenvalue weighted by Gasteiger charge is 2.24. The fraction of sp³-hybridized carbons (Fsp3) is 0.500. The Balaban J connectivity index is 1.39. The van der Waals surface area contributed by atoms with Gasteiger partial charge in [-0.3, -0.25) is 4.79 Å². The average molecular weight is 413 g/mol. The number of aromatic nitrogens is 2. The van der Waals surface area contributed by atoms with Crippen LogP contribution in [0.25, 0.3) is 0 Å². The first-order valence-corrected chi connectivity index (χ1v) is 11.6. The zero-order valence-corrected chi connectivity index (χ0v) is 18.1. The summed E-state index contributed by atoms with van der Waals surface area (Å²) in [5.41, 5.74) is 2.85. The van der Waals surface area contributed by atoms with Crippen molar-refractivity contribution in [2.24, 2.45) is 0 Å². The fourth-order valence-electron chi connectivity index (χ4n) is 3.60. The van der Waals surface area contributed by atoms with Crippen molar-refractivity contribution in [3.63, 3.8) is 0 Å². The Kier molecular flexibility index (Phi) is 6.35. The van der Waals surface area contributed by atoms with Gasteiger partial charge in [0.25, 0.3) is 5.91 Å². The van der Waals surface area contributed by atoms with E-state index in [1.807, 2.05) is 25.1 Å². The Labute approximate surface area is 177 Å². The fourth-order valence-corrected chi connectivity index (χ4v) is 4.45. The Morgan fingerprint density at radius 3 is 2.76 bits per heavy atom. The summed E-state index contributed by atoms with van der Waals surface area (Å²) in [7, 11) is 0. The van der Waals surface area contributed by atoms with E-state index in [9.17, 15) is 4.79 Å². The van der Waals surface area contributed by atoms with Crippen molar-refractivity contribution in [3.05, 3.63) is 47.2 Å². The standard InChI is InChI=1S/C22H29N5OS/c1-3-26-9-11-27(12-10-26)20-13-16(2)23-22(25-20)29-15-17-5-4-6-18(14-17)21(28)24-19-7-8-19/h4-6,13-14,19H,3,7-12,15H2,1-2H3,(H,24,28)/p+1. The van der Waals surface area contributed by atoms with Gasteiger partial charge in [-0.15, -0.1) is 0 Å². The van der Waals surface area contributed by atoms with Crippen LogP contribution in [0.5, 0.6) is 0 Å². The van der Waals surface area contributed by atoms with Crippen molar-refractivity contribution >= 4 is 23.5 Å². The molecule has 1 saturated carbocycles. The molecule has 0 radical (unpaired) electrons. The minimum Gasteiger partial charge on any atom is -0.349 e. The topological polar surface area (TPSA) is 62.6 Å². The third kappa shape index (κ3) is 5.48. The van der Waals surface area contributed by atoms with Crippen molar-refractivity contribution in [2.75, 3.05) is 37.6 Å². The van der Waals surface area contributed by atoms with Gasteiger partial charge in [-0.2, -0.15) is 0 Å². The van der Waals surface area contributed by atoms with Crippen LogP contribution in [-0.4, -0.2) is 54.6 Å². The molecule has 6 nitrogen and oxygen atoms in total. The number of anilines is 1. The Bertz CT molecular complexity index is 862. The maximum absolute atomic E-state index is 12.3. The van der Waals surface area contributed by atoms with Gasteiger partial charge in [0, 0.05) is 29.1 Å². The van der Waals surface area contributed by atoms with E-state index in [1.165, 1.54) is 6.54 Å². The lowest BCUT2D eigenvalue weighted by molar-refractivity contribution is -0.898. The van der Waals surface area contributed by atoms with Crippen molar-refractivity contribution < 1.29 is 9.69 Å². The van der Waals surface area contributed by atoms with Crippen molar-refractivity contribution in [3.8, 4) is 0 Å². The number of piperazine rings is 1. The van der Waals surface area contributed by atoms with Crippen LogP contribution in [0.4, 0.5) is 5.82 Å².